The van der Waals surface area contributed by atoms with Gasteiger partial charge in [-0.1, -0.05) is 25.5 Å². The molecule has 1 rings (SSSR count). The largest absolute Gasteiger partial charge is 0.334 e. The molecule has 1 amide bonds. The summed E-state index contributed by atoms with van der Waals surface area (Å²) in [5.74, 6) is 0.205. The average Bonchev–Trinajstić information content (AvgIpc) is 2.78. The molecule has 0 bridgehead atoms. The standard InChI is InChI=1S/C14H24N2O/c1-4-8-14(9-7-10-15-14)13(17)16(11-5-2)12-6-3/h5-6,15H,2-4,7-12H2,1H3. The van der Waals surface area contributed by atoms with Crippen LogP contribution >= 0.6 is 0 Å². The minimum Gasteiger partial charge on any atom is -0.334 e. The summed E-state index contributed by atoms with van der Waals surface area (Å²) in [7, 11) is 0. The van der Waals surface area contributed by atoms with E-state index >= 15 is 0 Å². The molecule has 0 spiro atoms. The maximum atomic E-state index is 12.6. The summed E-state index contributed by atoms with van der Waals surface area (Å²) in [5.41, 5.74) is -0.333. The number of nitrogens with one attached hydrogen (secondary N) is 1. The number of carbonyl (C=O) groups is 1. The van der Waals surface area contributed by atoms with Crippen molar-refractivity contribution < 1.29 is 4.79 Å². The van der Waals surface area contributed by atoms with Gasteiger partial charge in [-0.15, -0.1) is 13.2 Å². The van der Waals surface area contributed by atoms with Gasteiger partial charge in [0.15, 0.2) is 0 Å². The van der Waals surface area contributed by atoms with Crippen LogP contribution in [-0.2, 0) is 4.79 Å². The van der Waals surface area contributed by atoms with Crippen LogP contribution in [0.15, 0.2) is 25.3 Å². The first-order valence-corrected chi connectivity index (χ1v) is 6.46. The fraction of sp³-hybridized carbons (Fsp3) is 0.643. The number of carbonyl (C=O) groups excluding carboxylic acids is 1. The van der Waals surface area contributed by atoms with E-state index in [1.54, 1.807) is 12.2 Å². The molecule has 0 aromatic rings. The third kappa shape index (κ3) is 3.19. The van der Waals surface area contributed by atoms with Gasteiger partial charge in [0.25, 0.3) is 0 Å². The Hall–Kier alpha value is -1.09. The van der Waals surface area contributed by atoms with Crippen LogP contribution in [0, 0.1) is 0 Å². The lowest BCUT2D eigenvalue weighted by molar-refractivity contribution is -0.137. The van der Waals surface area contributed by atoms with Crippen molar-refractivity contribution in [1.29, 1.82) is 0 Å². The summed E-state index contributed by atoms with van der Waals surface area (Å²) in [6.07, 6.45) is 7.52. The van der Waals surface area contributed by atoms with E-state index in [9.17, 15) is 4.79 Å². The third-order valence-electron chi connectivity index (χ3n) is 3.32. The Bertz CT molecular complexity index is 270. The molecule has 1 aliphatic heterocycles. The zero-order chi connectivity index (χ0) is 12.7. The van der Waals surface area contributed by atoms with Crippen LogP contribution in [0.2, 0.25) is 0 Å². The molecule has 1 aliphatic rings. The summed E-state index contributed by atoms with van der Waals surface area (Å²) in [6.45, 7) is 11.7. The molecule has 0 aromatic heterocycles. The van der Waals surface area contributed by atoms with Gasteiger partial charge in [0.05, 0.1) is 5.54 Å². The van der Waals surface area contributed by atoms with Gasteiger partial charge < -0.3 is 10.2 Å². The van der Waals surface area contributed by atoms with Gasteiger partial charge in [-0.3, -0.25) is 4.79 Å². The molecule has 1 unspecified atom stereocenters. The average molecular weight is 236 g/mol. The Morgan fingerprint density at radius 1 is 1.41 bits per heavy atom. The van der Waals surface area contributed by atoms with Crippen molar-refractivity contribution in [2.45, 2.75) is 38.1 Å². The summed E-state index contributed by atoms with van der Waals surface area (Å²) < 4.78 is 0. The van der Waals surface area contributed by atoms with E-state index in [4.69, 9.17) is 0 Å². The number of rotatable bonds is 7. The monoisotopic (exact) mass is 236 g/mol. The molecule has 3 heteroatoms. The van der Waals surface area contributed by atoms with Gasteiger partial charge in [-0.25, -0.2) is 0 Å². The van der Waals surface area contributed by atoms with E-state index in [0.717, 1.165) is 32.2 Å². The molecule has 3 nitrogen and oxygen atoms in total. The predicted molar refractivity (Wildman–Crippen MR) is 71.8 cm³/mol. The van der Waals surface area contributed by atoms with Gasteiger partial charge in [-0.2, -0.15) is 0 Å². The van der Waals surface area contributed by atoms with Crippen molar-refractivity contribution >= 4 is 5.91 Å². The maximum absolute atomic E-state index is 12.6. The van der Waals surface area contributed by atoms with Crippen molar-refractivity contribution in [3.63, 3.8) is 0 Å². The molecule has 0 saturated carbocycles. The second-order valence-corrected chi connectivity index (χ2v) is 4.65. The zero-order valence-corrected chi connectivity index (χ0v) is 10.9. The Balaban J connectivity index is 2.80. The van der Waals surface area contributed by atoms with E-state index in [1.165, 1.54) is 0 Å². The Labute approximate surface area is 105 Å². The third-order valence-corrected chi connectivity index (χ3v) is 3.32. The summed E-state index contributed by atoms with van der Waals surface area (Å²) in [5, 5.41) is 3.41. The zero-order valence-electron chi connectivity index (χ0n) is 10.9. The number of nitrogens with zero attached hydrogens (tertiary/aromatic N) is 1. The molecule has 1 saturated heterocycles. The fourth-order valence-corrected chi connectivity index (χ4v) is 2.59. The van der Waals surface area contributed by atoms with Gasteiger partial charge >= 0.3 is 0 Å². The summed E-state index contributed by atoms with van der Waals surface area (Å²) in [6, 6.07) is 0. The van der Waals surface area contributed by atoms with Crippen molar-refractivity contribution in [2.24, 2.45) is 0 Å². The highest BCUT2D eigenvalue weighted by molar-refractivity contribution is 5.87. The van der Waals surface area contributed by atoms with Crippen molar-refractivity contribution in [3.05, 3.63) is 25.3 Å². The molecule has 17 heavy (non-hydrogen) atoms. The first-order chi connectivity index (χ1) is 8.20. The summed E-state index contributed by atoms with van der Waals surface area (Å²) in [4.78, 5) is 14.4. The van der Waals surface area contributed by atoms with Crippen LogP contribution in [0.5, 0.6) is 0 Å². The second-order valence-electron chi connectivity index (χ2n) is 4.65. The number of hydrogen-bond donors (Lipinski definition) is 1. The predicted octanol–water partition coefficient (Wildman–Crippen LogP) is 2.11. The normalized spacial score (nSPS) is 23.4. The molecule has 0 aromatic carbocycles. The molecule has 96 valence electrons. The van der Waals surface area contributed by atoms with Gasteiger partial charge in [0.1, 0.15) is 0 Å². The number of amides is 1. The maximum Gasteiger partial charge on any atom is 0.243 e. The first-order valence-electron chi connectivity index (χ1n) is 6.46. The lowest BCUT2D eigenvalue weighted by Gasteiger charge is -2.33. The molecule has 1 fully saturated rings. The quantitative estimate of drug-likeness (QED) is 0.687. The SMILES string of the molecule is C=CCN(CC=C)C(=O)C1(CCC)CCCN1. The first kappa shape index (κ1) is 14.0. The summed E-state index contributed by atoms with van der Waals surface area (Å²) >= 11 is 0. The molecule has 1 heterocycles. The van der Waals surface area contributed by atoms with Crippen LogP contribution in [-0.4, -0.2) is 36.0 Å². The van der Waals surface area contributed by atoms with Crippen LogP contribution < -0.4 is 5.32 Å². The fourth-order valence-electron chi connectivity index (χ4n) is 2.59. The van der Waals surface area contributed by atoms with Crippen LogP contribution in [0.4, 0.5) is 0 Å². The molecule has 1 atom stereocenters. The van der Waals surface area contributed by atoms with Crippen LogP contribution in [0.25, 0.3) is 0 Å². The second kappa shape index (κ2) is 6.60. The van der Waals surface area contributed by atoms with Crippen LogP contribution in [0.1, 0.15) is 32.6 Å². The molecule has 0 aliphatic carbocycles. The van der Waals surface area contributed by atoms with Crippen molar-refractivity contribution in [3.8, 4) is 0 Å². The Kier molecular flexibility index (Phi) is 5.42. The minimum absolute atomic E-state index is 0.205. The van der Waals surface area contributed by atoms with E-state index in [1.807, 2.05) is 4.90 Å². The molecule has 1 N–H and O–H groups in total. The highest BCUT2D eigenvalue weighted by Gasteiger charge is 2.41. The van der Waals surface area contributed by atoms with E-state index in [0.29, 0.717) is 13.1 Å². The van der Waals surface area contributed by atoms with Gasteiger partial charge in [-0.05, 0) is 25.8 Å². The smallest absolute Gasteiger partial charge is 0.243 e. The van der Waals surface area contributed by atoms with E-state index < -0.39 is 0 Å². The van der Waals surface area contributed by atoms with Crippen LogP contribution in [0.3, 0.4) is 0 Å². The van der Waals surface area contributed by atoms with Crippen molar-refractivity contribution in [2.75, 3.05) is 19.6 Å². The van der Waals surface area contributed by atoms with E-state index in [-0.39, 0.29) is 11.4 Å². The molecular weight excluding hydrogens is 212 g/mol. The lowest BCUT2D eigenvalue weighted by Crippen LogP contribution is -2.55. The Morgan fingerprint density at radius 3 is 2.47 bits per heavy atom. The highest BCUT2D eigenvalue weighted by Crippen LogP contribution is 2.27. The molecule has 0 radical (unpaired) electrons. The van der Waals surface area contributed by atoms with Crippen molar-refractivity contribution in [1.82, 2.24) is 10.2 Å². The topological polar surface area (TPSA) is 32.3 Å². The van der Waals surface area contributed by atoms with E-state index in [2.05, 4.69) is 25.4 Å². The molecular formula is C14H24N2O. The number of hydrogen-bond acceptors (Lipinski definition) is 2. The lowest BCUT2D eigenvalue weighted by atomic mass is 9.90. The Morgan fingerprint density at radius 2 is 2.06 bits per heavy atom. The minimum atomic E-state index is -0.333. The van der Waals surface area contributed by atoms with Gasteiger partial charge in [0, 0.05) is 13.1 Å². The highest BCUT2D eigenvalue weighted by atomic mass is 16.2. The van der Waals surface area contributed by atoms with Gasteiger partial charge in [0.2, 0.25) is 5.91 Å².